The Kier molecular flexibility index (Phi) is 8.75. The van der Waals surface area contributed by atoms with E-state index in [9.17, 15) is 14.4 Å². The van der Waals surface area contributed by atoms with Gasteiger partial charge in [0.15, 0.2) is 5.76 Å². The standard InChI is InChI=1S/C30H22N2O6/c33-28(18-16-22-9-2-1-3-10-22)37-25-13-6-4-11-23(25)17-19-29(34)38-26-14-7-5-12-24(26)21-31-32-30(35)27-15-8-20-36-27/h1-21H,(H,32,35)/b18-16+,19-17+,31-21+. The van der Waals surface area contributed by atoms with Crippen LogP contribution in [0.1, 0.15) is 27.2 Å². The molecule has 0 saturated carbocycles. The van der Waals surface area contributed by atoms with E-state index in [1.165, 1.54) is 36.8 Å². The van der Waals surface area contributed by atoms with Gasteiger partial charge in [-0.25, -0.2) is 15.0 Å². The maximum Gasteiger partial charge on any atom is 0.336 e. The topological polar surface area (TPSA) is 107 Å². The molecule has 0 radical (unpaired) electrons. The van der Waals surface area contributed by atoms with Gasteiger partial charge in [0.25, 0.3) is 0 Å². The number of ether oxygens (including phenoxy) is 2. The highest BCUT2D eigenvalue weighted by Gasteiger charge is 2.09. The summed E-state index contributed by atoms with van der Waals surface area (Å²) in [4.78, 5) is 36.7. The number of hydrogen-bond acceptors (Lipinski definition) is 7. The monoisotopic (exact) mass is 506 g/mol. The zero-order valence-corrected chi connectivity index (χ0v) is 20.0. The third-order valence-electron chi connectivity index (χ3n) is 4.98. The molecule has 1 aromatic heterocycles. The van der Waals surface area contributed by atoms with Crippen LogP contribution in [0, 0.1) is 0 Å². The van der Waals surface area contributed by atoms with E-state index in [2.05, 4.69) is 10.5 Å². The van der Waals surface area contributed by atoms with E-state index in [0.717, 1.165) is 5.56 Å². The number of benzene rings is 3. The molecule has 0 aliphatic carbocycles. The van der Waals surface area contributed by atoms with E-state index >= 15 is 0 Å². The highest BCUT2D eigenvalue weighted by atomic mass is 16.5. The first-order valence-corrected chi connectivity index (χ1v) is 11.5. The highest BCUT2D eigenvalue weighted by molar-refractivity contribution is 5.94. The van der Waals surface area contributed by atoms with Crippen LogP contribution in [-0.2, 0) is 9.59 Å². The summed E-state index contributed by atoms with van der Waals surface area (Å²) in [7, 11) is 0. The van der Waals surface area contributed by atoms with Crippen LogP contribution in [0.2, 0.25) is 0 Å². The second kappa shape index (κ2) is 13.0. The van der Waals surface area contributed by atoms with Crippen LogP contribution >= 0.6 is 0 Å². The van der Waals surface area contributed by atoms with Crippen LogP contribution in [0.3, 0.4) is 0 Å². The van der Waals surface area contributed by atoms with Gasteiger partial charge in [0.1, 0.15) is 11.5 Å². The smallest absolute Gasteiger partial charge is 0.336 e. The predicted molar refractivity (Wildman–Crippen MR) is 142 cm³/mol. The van der Waals surface area contributed by atoms with E-state index in [1.54, 1.807) is 60.7 Å². The third kappa shape index (κ3) is 7.50. The van der Waals surface area contributed by atoms with Crippen molar-refractivity contribution in [3.8, 4) is 11.5 Å². The van der Waals surface area contributed by atoms with Gasteiger partial charge in [0, 0.05) is 23.3 Å². The van der Waals surface area contributed by atoms with Crippen molar-refractivity contribution >= 4 is 36.2 Å². The van der Waals surface area contributed by atoms with E-state index < -0.39 is 17.8 Å². The lowest BCUT2D eigenvalue weighted by molar-refractivity contribution is -0.129. The number of furan rings is 1. The normalized spacial score (nSPS) is 11.2. The summed E-state index contributed by atoms with van der Waals surface area (Å²) in [5.74, 6) is -1.08. The summed E-state index contributed by atoms with van der Waals surface area (Å²) in [6.07, 6.45) is 8.43. The average Bonchev–Trinajstić information content (AvgIpc) is 3.48. The van der Waals surface area contributed by atoms with Gasteiger partial charge in [0.2, 0.25) is 0 Å². The van der Waals surface area contributed by atoms with E-state index in [4.69, 9.17) is 13.9 Å². The van der Waals surface area contributed by atoms with E-state index in [1.807, 2.05) is 30.3 Å². The van der Waals surface area contributed by atoms with Crippen LogP contribution < -0.4 is 14.9 Å². The number of amides is 1. The second-order valence-corrected chi connectivity index (χ2v) is 7.67. The molecule has 0 saturated heterocycles. The Morgan fingerprint density at radius 2 is 1.29 bits per heavy atom. The molecule has 8 heteroatoms. The summed E-state index contributed by atoms with van der Waals surface area (Å²) in [5, 5.41) is 3.88. The predicted octanol–water partition coefficient (Wildman–Crippen LogP) is 5.28. The molecule has 4 rings (SSSR count). The van der Waals surface area contributed by atoms with Crippen molar-refractivity contribution in [3.63, 3.8) is 0 Å². The van der Waals surface area contributed by atoms with E-state index in [-0.39, 0.29) is 11.5 Å². The molecule has 0 aliphatic rings. The Morgan fingerprint density at radius 3 is 1.97 bits per heavy atom. The average molecular weight is 507 g/mol. The lowest BCUT2D eigenvalue weighted by Crippen LogP contribution is -2.16. The number of hydrogen-bond donors (Lipinski definition) is 1. The first kappa shape index (κ1) is 25.6. The minimum absolute atomic E-state index is 0.116. The van der Waals surface area contributed by atoms with Crippen LogP contribution in [0.15, 0.2) is 119 Å². The molecule has 188 valence electrons. The van der Waals surface area contributed by atoms with Crippen molar-refractivity contribution in [1.29, 1.82) is 0 Å². The summed E-state index contributed by atoms with van der Waals surface area (Å²) in [6, 6.07) is 26.0. The molecule has 4 aromatic rings. The largest absolute Gasteiger partial charge is 0.459 e. The van der Waals surface area contributed by atoms with Crippen molar-refractivity contribution in [2.24, 2.45) is 5.10 Å². The molecule has 1 N–H and O–H groups in total. The van der Waals surface area contributed by atoms with Crippen molar-refractivity contribution in [1.82, 2.24) is 5.43 Å². The highest BCUT2D eigenvalue weighted by Crippen LogP contribution is 2.21. The first-order chi connectivity index (χ1) is 18.6. The SMILES string of the molecule is O=C(/C=C/c1ccccc1)Oc1ccccc1/C=C/C(=O)Oc1ccccc1/C=N/NC(=O)c1ccco1. The number of nitrogens with one attached hydrogen (secondary N) is 1. The zero-order chi connectivity index (χ0) is 26.6. The van der Waals surface area contributed by atoms with Crippen LogP contribution in [0.5, 0.6) is 11.5 Å². The third-order valence-corrected chi connectivity index (χ3v) is 4.98. The van der Waals surface area contributed by atoms with Gasteiger partial charge in [-0.1, -0.05) is 60.7 Å². The summed E-state index contributed by atoms with van der Waals surface area (Å²) < 4.78 is 15.9. The summed E-state index contributed by atoms with van der Waals surface area (Å²) >= 11 is 0. The van der Waals surface area contributed by atoms with Crippen molar-refractivity contribution in [3.05, 3.63) is 132 Å². The Morgan fingerprint density at radius 1 is 0.684 bits per heavy atom. The molecule has 0 aliphatic heterocycles. The number of hydrazone groups is 1. The van der Waals surface area contributed by atoms with Crippen molar-refractivity contribution in [2.45, 2.75) is 0 Å². The number of para-hydroxylation sites is 2. The Balaban J connectivity index is 1.38. The van der Waals surface area contributed by atoms with Crippen molar-refractivity contribution in [2.75, 3.05) is 0 Å². The van der Waals surface area contributed by atoms with Gasteiger partial charge in [-0.2, -0.15) is 5.10 Å². The molecule has 0 unspecified atom stereocenters. The maximum absolute atomic E-state index is 12.5. The van der Waals surface area contributed by atoms with Crippen LogP contribution in [-0.4, -0.2) is 24.1 Å². The Bertz CT molecular complexity index is 1490. The number of nitrogens with zero attached hydrogens (tertiary/aromatic N) is 1. The molecule has 0 bridgehead atoms. The van der Waals surface area contributed by atoms with Crippen LogP contribution in [0.25, 0.3) is 12.2 Å². The van der Waals surface area contributed by atoms with Gasteiger partial charge in [-0.05, 0) is 48.0 Å². The maximum atomic E-state index is 12.5. The van der Waals surface area contributed by atoms with Gasteiger partial charge >= 0.3 is 17.8 Å². The van der Waals surface area contributed by atoms with E-state index in [0.29, 0.717) is 16.9 Å². The van der Waals surface area contributed by atoms with Gasteiger partial charge < -0.3 is 13.9 Å². The number of carbonyl (C=O) groups excluding carboxylic acids is 3. The van der Waals surface area contributed by atoms with Gasteiger partial charge in [-0.3, -0.25) is 4.79 Å². The molecular weight excluding hydrogens is 484 g/mol. The number of rotatable bonds is 9. The second-order valence-electron chi connectivity index (χ2n) is 7.67. The molecule has 1 heterocycles. The lowest BCUT2D eigenvalue weighted by atomic mass is 10.2. The molecule has 3 aromatic carbocycles. The quantitative estimate of drug-likeness (QED) is 0.109. The fourth-order valence-corrected chi connectivity index (χ4v) is 3.19. The number of carbonyl (C=O) groups is 3. The fourth-order valence-electron chi connectivity index (χ4n) is 3.19. The van der Waals surface area contributed by atoms with Crippen molar-refractivity contribution < 1.29 is 28.3 Å². The molecule has 0 spiro atoms. The molecule has 0 atom stereocenters. The minimum atomic E-state index is -0.657. The fraction of sp³-hybridized carbons (Fsp3) is 0. The Labute approximate surface area is 218 Å². The molecule has 8 nitrogen and oxygen atoms in total. The molecule has 1 amide bonds. The first-order valence-electron chi connectivity index (χ1n) is 11.5. The van der Waals surface area contributed by atoms with Gasteiger partial charge in [-0.15, -0.1) is 0 Å². The summed E-state index contributed by atoms with van der Waals surface area (Å²) in [5.41, 5.74) is 4.18. The zero-order valence-electron chi connectivity index (χ0n) is 20.0. The molecule has 38 heavy (non-hydrogen) atoms. The summed E-state index contributed by atoms with van der Waals surface area (Å²) in [6.45, 7) is 0. The molecular formula is C30H22N2O6. The van der Waals surface area contributed by atoms with Crippen LogP contribution in [0.4, 0.5) is 0 Å². The molecule has 0 fully saturated rings. The number of esters is 2. The Hall–Kier alpha value is -5.50. The minimum Gasteiger partial charge on any atom is -0.459 e. The van der Waals surface area contributed by atoms with Gasteiger partial charge in [0.05, 0.1) is 12.5 Å². The lowest BCUT2D eigenvalue weighted by Gasteiger charge is -2.06.